The molecule has 0 aliphatic carbocycles. The number of amides is 1. The number of piperidine rings is 1. The van der Waals surface area contributed by atoms with E-state index in [-0.39, 0.29) is 42.0 Å². The van der Waals surface area contributed by atoms with Gasteiger partial charge in [0, 0.05) is 36.6 Å². The van der Waals surface area contributed by atoms with Gasteiger partial charge >= 0.3 is 6.18 Å². The van der Waals surface area contributed by atoms with Gasteiger partial charge in [0.2, 0.25) is 5.91 Å². The van der Waals surface area contributed by atoms with Crippen molar-refractivity contribution in [1.29, 1.82) is 0 Å². The third kappa shape index (κ3) is 5.06. The molecule has 32 heavy (non-hydrogen) atoms. The first-order chi connectivity index (χ1) is 15.1. The van der Waals surface area contributed by atoms with E-state index >= 15 is 0 Å². The van der Waals surface area contributed by atoms with Gasteiger partial charge in [-0.15, -0.1) is 0 Å². The molecule has 1 aliphatic rings. The van der Waals surface area contributed by atoms with E-state index in [0.717, 1.165) is 11.6 Å². The van der Waals surface area contributed by atoms with Gasteiger partial charge in [0.05, 0.1) is 12.7 Å². The fourth-order valence-electron chi connectivity index (χ4n) is 3.70. The summed E-state index contributed by atoms with van der Waals surface area (Å²) in [7, 11) is 3.09. The molecule has 2 aromatic rings. The number of benzene rings is 2. The summed E-state index contributed by atoms with van der Waals surface area (Å²) in [4.78, 5) is 12.1. The lowest BCUT2D eigenvalue weighted by atomic mass is 9.81. The minimum Gasteiger partial charge on any atom is -0.493 e. The molecule has 2 aromatic carbocycles. The van der Waals surface area contributed by atoms with Crippen LogP contribution in [0.5, 0.6) is 11.5 Å². The molecular weight excluding hydrogens is 425 g/mol. The summed E-state index contributed by atoms with van der Waals surface area (Å²) in [5.41, 5.74) is 8.18. The molecule has 1 aliphatic heterocycles. The van der Waals surface area contributed by atoms with Crippen LogP contribution in [-0.4, -0.2) is 25.9 Å². The third-order valence-corrected chi connectivity index (χ3v) is 5.38. The Morgan fingerprint density at radius 2 is 1.97 bits per heavy atom. The first-order valence-corrected chi connectivity index (χ1v) is 9.94. The van der Waals surface area contributed by atoms with Gasteiger partial charge in [-0.1, -0.05) is 19.1 Å². The van der Waals surface area contributed by atoms with Crippen LogP contribution in [0.1, 0.15) is 36.0 Å². The molecule has 0 spiro atoms. The standard InChI is InChI=1S/C22H25F3N4O3/c1-12-16(10-20(30)28-21(12)29-27-2)13-5-7-18(19(8-13)31-3)32-11-14-4-6-15(26)9-17(14)22(23,24)25/h4-9,12,16,27H,10-11,26H2,1-3H3,(H,28,29,30)/t12-,16-/m1/s1. The van der Waals surface area contributed by atoms with E-state index in [4.69, 9.17) is 15.2 Å². The van der Waals surface area contributed by atoms with Crippen LogP contribution in [0.2, 0.25) is 0 Å². The fraction of sp³-hybridized carbons (Fsp3) is 0.364. The van der Waals surface area contributed by atoms with Gasteiger partial charge in [-0.3, -0.25) is 4.79 Å². The highest BCUT2D eigenvalue weighted by Gasteiger charge is 2.34. The molecule has 0 saturated carbocycles. The Morgan fingerprint density at radius 1 is 1.22 bits per heavy atom. The minimum atomic E-state index is -4.55. The van der Waals surface area contributed by atoms with Gasteiger partial charge in [-0.05, 0) is 29.8 Å². The van der Waals surface area contributed by atoms with Crippen molar-refractivity contribution >= 4 is 17.4 Å². The SMILES string of the molecule is CN/N=C1/NC(=O)C[C@@H](c2ccc(OCc3ccc(N)cc3C(F)(F)F)c(OC)c2)[C@H]1C. The summed E-state index contributed by atoms with van der Waals surface area (Å²) in [6, 6.07) is 8.73. The van der Waals surface area contributed by atoms with Crippen LogP contribution < -0.4 is 25.9 Å². The van der Waals surface area contributed by atoms with Gasteiger partial charge in [0.15, 0.2) is 11.5 Å². The highest BCUT2D eigenvalue weighted by molar-refractivity contribution is 6.02. The van der Waals surface area contributed by atoms with Crippen molar-refractivity contribution in [2.75, 3.05) is 19.9 Å². The van der Waals surface area contributed by atoms with Crippen molar-refractivity contribution in [3.63, 3.8) is 0 Å². The van der Waals surface area contributed by atoms with Crippen molar-refractivity contribution in [2.45, 2.75) is 32.0 Å². The monoisotopic (exact) mass is 450 g/mol. The number of halogens is 3. The van der Waals surface area contributed by atoms with Gasteiger partial charge in [-0.25, -0.2) is 0 Å². The zero-order chi connectivity index (χ0) is 23.5. The minimum absolute atomic E-state index is 0.0230. The number of rotatable bonds is 6. The van der Waals surface area contributed by atoms with E-state index in [1.807, 2.05) is 6.92 Å². The molecule has 1 fully saturated rings. The van der Waals surface area contributed by atoms with Crippen LogP contribution in [0.3, 0.4) is 0 Å². The van der Waals surface area contributed by atoms with Crippen LogP contribution in [0.25, 0.3) is 0 Å². The number of carbonyl (C=O) groups excluding carboxylic acids is 1. The van der Waals surface area contributed by atoms with Crippen LogP contribution in [0, 0.1) is 5.92 Å². The first kappa shape index (κ1) is 23.2. The average Bonchev–Trinajstić information content (AvgIpc) is 2.74. The van der Waals surface area contributed by atoms with Crippen LogP contribution >= 0.6 is 0 Å². The molecule has 7 nitrogen and oxygen atoms in total. The molecule has 0 radical (unpaired) electrons. The molecule has 0 aromatic heterocycles. The molecule has 0 bridgehead atoms. The Hall–Kier alpha value is -3.43. The number of nitrogens with two attached hydrogens (primary N) is 1. The zero-order valence-corrected chi connectivity index (χ0v) is 17.9. The highest BCUT2D eigenvalue weighted by atomic mass is 19.4. The lowest BCUT2D eigenvalue weighted by Crippen LogP contribution is -2.44. The highest BCUT2D eigenvalue weighted by Crippen LogP contribution is 2.38. The quantitative estimate of drug-likeness (QED) is 0.461. The zero-order valence-electron chi connectivity index (χ0n) is 17.9. The Labute approximate surface area is 183 Å². The van der Waals surface area contributed by atoms with E-state index in [1.165, 1.54) is 19.2 Å². The maximum Gasteiger partial charge on any atom is 0.416 e. The summed E-state index contributed by atoms with van der Waals surface area (Å²) < 4.78 is 51.1. The molecule has 172 valence electrons. The van der Waals surface area contributed by atoms with Crippen LogP contribution in [0.15, 0.2) is 41.5 Å². The maximum absolute atomic E-state index is 13.3. The maximum atomic E-state index is 13.3. The van der Waals surface area contributed by atoms with Gasteiger partial charge in [-0.2, -0.15) is 18.3 Å². The number of methoxy groups -OCH3 is 1. The predicted molar refractivity (Wildman–Crippen MR) is 114 cm³/mol. The van der Waals surface area contributed by atoms with Crippen molar-refractivity contribution in [3.05, 3.63) is 53.1 Å². The number of anilines is 1. The van der Waals surface area contributed by atoms with Crippen molar-refractivity contribution in [2.24, 2.45) is 11.0 Å². The number of amidine groups is 1. The molecule has 2 atom stereocenters. The lowest BCUT2D eigenvalue weighted by Gasteiger charge is -2.30. The van der Waals surface area contributed by atoms with Crippen LogP contribution in [0.4, 0.5) is 18.9 Å². The lowest BCUT2D eigenvalue weighted by molar-refractivity contribution is -0.138. The fourth-order valence-corrected chi connectivity index (χ4v) is 3.70. The van der Waals surface area contributed by atoms with Crippen molar-refractivity contribution in [3.8, 4) is 11.5 Å². The number of nitrogens with zero attached hydrogens (tertiary/aromatic N) is 1. The number of hydrogen-bond donors (Lipinski definition) is 3. The number of nitrogen functional groups attached to an aromatic ring is 1. The second-order valence-corrected chi connectivity index (χ2v) is 7.48. The Bertz CT molecular complexity index is 1020. The summed E-state index contributed by atoms with van der Waals surface area (Å²) in [5, 5.41) is 6.88. The number of alkyl halides is 3. The molecule has 10 heteroatoms. The molecule has 3 rings (SSSR count). The van der Waals surface area contributed by atoms with Crippen molar-refractivity contribution in [1.82, 2.24) is 10.7 Å². The predicted octanol–water partition coefficient (Wildman–Crippen LogP) is 3.65. The summed E-state index contributed by atoms with van der Waals surface area (Å²) in [5.74, 6) is 0.823. The van der Waals surface area contributed by atoms with Gasteiger partial charge < -0.3 is 25.9 Å². The van der Waals surface area contributed by atoms with Gasteiger partial charge in [0.25, 0.3) is 0 Å². The summed E-state index contributed by atoms with van der Waals surface area (Å²) >= 11 is 0. The van der Waals surface area contributed by atoms with E-state index < -0.39 is 11.7 Å². The molecule has 1 heterocycles. The average molecular weight is 450 g/mol. The molecule has 1 amide bonds. The number of nitrogens with one attached hydrogen (secondary N) is 2. The second kappa shape index (κ2) is 9.37. The normalized spacial score (nSPS) is 20.1. The largest absolute Gasteiger partial charge is 0.493 e. The topological polar surface area (TPSA) is 98.0 Å². The third-order valence-electron chi connectivity index (χ3n) is 5.38. The van der Waals surface area contributed by atoms with Crippen LogP contribution in [-0.2, 0) is 17.6 Å². The smallest absolute Gasteiger partial charge is 0.416 e. The molecule has 1 saturated heterocycles. The summed E-state index contributed by atoms with van der Waals surface area (Å²) in [6.45, 7) is 1.64. The van der Waals surface area contributed by atoms with E-state index in [2.05, 4.69) is 15.8 Å². The summed E-state index contributed by atoms with van der Waals surface area (Å²) in [6.07, 6.45) is -4.28. The van der Waals surface area contributed by atoms with E-state index in [0.29, 0.717) is 17.3 Å². The number of carbonyl (C=O) groups is 1. The Morgan fingerprint density at radius 3 is 2.62 bits per heavy atom. The van der Waals surface area contributed by atoms with E-state index in [9.17, 15) is 18.0 Å². The number of hydrogen-bond acceptors (Lipinski definition) is 6. The van der Waals surface area contributed by atoms with Gasteiger partial charge in [0.1, 0.15) is 12.4 Å². The number of ether oxygens (including phenoxy) is 2. The first-order valence-electron chi connectivity index (χ1n) is 9.94. The molecular formula is C22H25F3N4O3. The number of hydrazone groups is 1. The Kier molecular flexibility index (Phi) is 6.81. The second-order valence-electron chi connectivity index (χ2n) is 7.48. The Balaban J connectivity index is 1.84. The molecule has 4 N–H and O–H groups in total. The molecule has 0 unspecified atom stereocenters. The van der Waals surface area contributed by atoms with Crippen molar-refractivity contribution < 1.29 is 27.4 Å². The van der Waals surface area contributed by atoms with E-state index in [1.54, 1.807) is 25.2 Å².